The number of rotatable bonds is 7. The second-order valence-electron chi connectivity index (χ2n) is 11.1. The summed E-state index contributed by atoms with van der Waals surface area (Å²) >= 11 is 0. The quantitative estimate of drug-likeness (QED) is 0.377. The van der Waals surface area contributed by atoms with Crippen molar-refractivity contribution in [2.24, 2.45) is 11.7 Å². The molecule has 2 aromatic heterocycles. The van der Waals surface area contributed by atoms with E-state index < -0.39 is 11.3 Å². The number of hydrogen-bond donors (Lipinski definition) is 2. The van der Waals surface area contributed by atoms with Crippen molar-refractivity contribution in [1.82, 2.24) is 24.4 Å². The second kappa shape index (κ2) is 9.80. The molecule has 9 heteroatoms. The molecule has 4 aromatic rings. The predicted octanol–water partition coefficient (Wildman–Crippen LogP) is 4.06. The van der Waals surface area contributed by atoms with Crippen molar-refractivity contribution in [1.29, 1.82) is 0 Å². The van der Waals surface area contributed by atoms with E-state index in [2.05, 4.69) is 34.6 Å². The predicted molar refractivity (Wildman–Crippen MR) is 150 cm³/mol. The summed E-state index contributed by atoms with van der Waals surface area (Å²) in [5, 5.41) is 5.67. The first-order valence-corrected chi connectivity index (χ1v) is 13.6. The van der Waals surface area contributed by atoms with Crippen molar-refractivity contribution in [3.05, 3.63) is 66.6 Å². The average molecular weight is 524 g/mol. The van der Waals surface area contributed by atoms with Gasteiger partial charge in [0, 0.05) is 36.8 Å². The van der Waals surface area contributed by atoms with E-state index in [9.17, 15) is 9.59 Å². The summed E-state index contributed by atoms with van der Waals surface area (Å²) < 4.78 is 1.89. The number of nitrogens with one attached hydrogen (secondary N) is 1. The lowest BCUT2D eigenvalue weighted by Crippen LogP contribution is -2.46. The van der Waals surface area contributed by atoms with Crippen molar-refractivity contribution < 1.29 is 9.59 Å². The fourth-order valence-corrected chi connectivity index (χ4v) is 5.29. The number of primary amides is 1. The summed E-state index contributed by atoms with van der Waals surface area (Å²) in [6.45, 7) is 5.04. The van der Waals surface area contributed by atoms with E-state index in [0.717, 1.165) is 48.6 Å². The summed E-state index contributed by atoms with van der Waals surface area (Å²) in [6.07, 6.45) is 7.30. The highest BCUT2D eigenvalue weighted by atomic mass is 16.2. The number of nitrogens with two attached hydrogens (primary N) is 1. The van der Waals surface area contributed by atoms with E-state index in [1.54, 1.807) is 26.2 Å². The molecule has 2 aliphatic rings. The van der Waals surface area contributed by atoms with Gasteiger partial charge in [0.15, 0.2) is 0 Å². The van der Waals surface area contributed by atoms with Crippen LogP contribution in [-0.4, -0.2) is 55.4 Å². The molecule has 6 rings (SSSR count). The first-order valence-electron chi connectivity index (χ1n) is 13.6. The van der Waals surface area contributed by atoms with Crippen molar-refractivity contribution in [2.75, 3.05) is 18.4 Å². The van der Waals surface area contributed by atoms with Crippen LogP contribution in [-0.2, 0) is 15.0 Å². The lowest BCUT2D eigenvalue weighted by Gasteiger charge is -2.33. The molecule has 1 aliphatic carbocycles. The number of amides is 2. The fraction of sp³-hybridized carbons (Fsp3) is 0.367. The lowest BCUT2D eigenvalue weighted by molar-refractivity contribution is -0.133. The molecule has 2 fully saturated rings. The zero-order chi connectivity index (χ0) is 27.1. The maximum Gasteiger partial charge on any atom is 0.229 e. The van der Waals surface area contributed by atoms with Crippen LogP contribution in [0.25, 0.3) is 28.0 Å². The number of imidazole rings is 1. The van der Waals surface area contributed by atoms with Crippen molar-refractivity contribution in [3.8, 4) is 17.2 Å². The van der Waals surface area contributed by atoms with Crippen molar-refractivity contribution in [3.63, 3.8) is 0 Å². The van der Waals surface area contributed by atoms with E-state index in [1.807, 2.05) is 33.7 Å². The van der Waals surface area contributed by atoms with Gasteiger partial charge in [-0.3, -0.25) is 14.2 Å². The Labute approximate surface area is 227 Å². The van der Waals surface area contributed by atoms with E-state index in [1.165, 1.54) is 0 Å². The maximum absolute atomic E-state index is 12.6. The van der Waals surface area contributed by atoms with Gasteiger partial charge >= 0.3 is 0 Å². The van der Waals surface area contributed by atoms with Gasteiger partial charge in [0.05, 0.1) is 17.3 Å². The third kappa shape index (κ3) is 4.84. The van der Waals surface area contributed by atoms with Crippen LogP contribution < -0.4 is 11.1 Å². The molecule has 9 nitrogen and oxygen atoms in total. The molecule has 1 unspecified atom stereocenters. The Morgan fingerprint density at radius 1 is 1.03 bits per heavy atom. The zero-order valence-corrected chi connectivity index (χ0v) is 22.3. The smallest absolute Gasteiger partial charge is 0.229 e. The summed E-state index contributed by atoms with van der Waals surface area (Å²) in [4.78, 5) is 41.2. The molecule has 0 radical (unpaired) electrons. The number of anilines is 1. The SMILES string of the molecule is CC(C)(C(N)=O)c1cnc(-c2ccc3ccccc3c2)n1-c1ccnc(NC2CCCN(C(=O)C3CC3)C2)n1. The molecule has 1 atom stereocenters. The Morgan fingerprint density at radius 3 is 2.59 bits per heavy atom. The summed E-state index contributed by atoms with van der Waals surface area (Å²) in [5.41, 5.74) is 6.38. The third-order valence-electron chi connectivity index (χ3n) is 7.89. The van der Waals surface area contributed by atoms with Crippen LogP contribution in [0.5, 0.6) is 0 Å². The zero-order valence-electron chi connectivity index (χ0n) is 22.3. The molecule has 39 heavy (non-hydrogen) atoms. The third-order valence-corrected chi connectivity index (χ3v) is 7.89. The van der Waals surface area contributed by atoms with Crippen molar-refractivity contribution in [2.45, 2.75) is 51.0 Å². The number of aromatic nitrogens is 4. The molecule has 2 amide bonds. The highest BCUT2D eigenvalue weighted by molar-refractivity contribution is 5.88. The number of benzene rings is 2. The molecule has 1 saturated heterocycles. The molecule has 3 heterocycles. The number of likely N-dealkylation sites (tertiary alicyclic amines) is 1. The Bertz CT molecular complexity index is 1560. The highest BCUT2D eigenvalue weighted by Gasteiger charge is 2.36. The van der Waals surface area contributed by atoms with Gasteiger partial charge in [0.2, 0.25) is 17.8 Å². The summed E-state index contributed by atoms with van der Waals surface area (Å²) in [7, 11) is 0. The van der Waals surface area contributed by atoms with E-state index >= 15 is 0 Å². The Kier molecular flexibility index (Phi) is 6.29. The number of nitrogens with zero attached hydrogens (tertiary/aromatic N) is 5. The molecule has 200 valence electrons. The monoisotopic (exact) mass is 523 g/mol. The first kappa shape index (κ1) is 25.0. The molecule has 0 bridgehead atoms. The minimum Gasteiger partial charge on any atom is -0.369 e. The van der Waals surface area contributed by atoms with Gasteiger partial charge in [-0.2, -0.15) is 4.98 Å². The Morgan fingerprint density at radius 2 is 1.82 bits per heavy atom. The number of carbonyl (C=O) groups is 2. The van der Waals surface area contributed by atoms with Gasteiger partial charge in [-0.15, -0.1) is 0 Å². The van der Waals surface area contributed by atoms with Gasteiger partial charge < -0.3 is 16.0 Å². The number of piperidine rings is 1. The van der Waals surface area contributed by atoms with Gasteiger partial charge in [-0.05, 0) is 62.4 Å². The first-order chi connectivity index (χ1) is 18.8. The van der Waals surface area contributed by atoms with Crippen LogP contribution in [0, 0.1) is 5.92 Å². The fourth-order valence-electron chi connectivity index (χ4n) is 5.29. The number of fused-ring (bicyclic) bond motifs is 1. The summed E-state index contributed by atoms with van der Waals surface area (Å²) in [6, 6.07) is 16.2. The van der Waals surface area contributed by atoms with Crippen LogP contribution in [0.15, 0.2) is 60.9 Å². The van der Waals surface area contributed by atoms with Crippen LogP contribution in [0.2, 0.25) is 0 Å². The van der Waals surface area contributed by atoms with E-state index in [0.29, 0.717) is 29.8 Å². The molecule has 1 saturated carbocycles. The number of carbonyl (C=O) groups excluding carboxylic acids is 2. The lowest BCUT2D eigenvalue weighted by atomic mass is 9.89. The molecule has 0 spiro atoms. The Balaban J connectivity index is 1.36. The second-order valence-corrected chi connectivity index (χ2v) is 11.1. The standard InChI is InChI=1S/C30H33N7O2/c1-30(2,28(31)39)24-17-33-26(22-12-9-19-6-3-4-7-21(19)16-22)37(24)25-13-14-32-29(35-25)34-23-8-5-15-36(18-23)27(38)20-10-11-20/h3-4,6-7,9,12-14,16-17,20,23H,5,8,10-11,15,18H2,1-2H3,(H2,31,39)(H,32,34,35). The van der Waals surface area contributed by atoms with Crippen LogP contribution in [0.3, 0.4) is 0 Å². The van der Waals surface area contributed by atoms with Gasteiger partial charge in [-0.1, -0.05) is 36.4 Å². The molecular weight excluding hydrogens is 490 g/mol. The van der Waals surface area contributed by atoms with Gasteiger partial charge in [-0.25, -0.2) is 9.97 Å². The molecular formula is C30H33N7O2. The largest absolute Gasteiger partial charge is 0.369 e. The molecule has 1 aliphatic heterocycles. The van der Waals surface area contributed by atoms with Crippen molar-refractivity contribution >= 4 is 28.5 Å². The topological polar surface area (TPSA) is 119 Å². The maximum atomic E-state index is 12.6. The van der Waals surface area contributed by atoms with Crippen LogP contribution >= 0.6 is 0 Å². The van der Waals surface area contributed by atoms with Crippen LogP contribution in [0.1, 0.15) is 45.2 Å². The summed E-state index contributed by atoms with van der Waals surface area (Å²) in [5.74, 6) is 1.74. The number of hydrogen-bond acceptors (Lipinski definition) is 6. The van der Waals surface area contributed by atoms with E-state index in [-0.39, 0.29) is 17.9 Å². The van der Waals surface area contributed by atoms with Gasteiger partial charge in [0.25, 0.3) is 0 Å². The molecule has 2 aromatic carbocycles. The normalized spacial score (nSPS) is 17.8. The Hall–Kier alpha value is -4.27. The van der Waals surface area contributed by atoms with Crippen LogP contribution in [0.4, 0.5) is 5.95 Å². The molecule has 3 N–H and O–H groups in total. The average Bonchev–Trinajstić information content (AvgIpc) is 3.69. The highest BCUT2D eigenvalue weighted by Crippen LogP contribution is 2.33. The minimum absolute atomic E-state index is 0.0703. The minimum atomic E-state index is -0.992. The van der Waals surface area contributed by atoms with Gasteiger partial charge in [0.1, 0.15) is 11.6 Å². The van der Waals surface area contributed by atoms with E-state index in [4.69, 9.17) is 15.7 Å².